The maximum atomic E-state index is 12.3. The lowest BCUT2D eigenvalue weighted by atomic mass is 9.81. The van der Waals surface area contributed by atoms with Crippen LogP contribution >= 0.6 is 0 Å². The van der Waals surface area contributed by atoms with Crippen molar-refractivity contribution in [1.82, 2.24) is 0 Å². The maximum absolute atomic E-state index is 12.3. The molecule has 2 saturated carbocycles. The Kier molecular flexibility index (Phi) is 2.79. The van der Waals surface area contributed by atoms with Gasteiger partial charge in [-0.25, -0.2) is 9.59 Å². The fraction of sp³-hybridized carbons (Fsp3) is 0.500. The Morgan fingerprint density at radius 1 is 1.14 bits per heavy atom. The molecule has 3 aliphatic rings. The molecule has 0 aromatic heterocycles. The monoisotopic (exact) mass is 288 g/mol. The van der Waals surface area contributed by atoms with E-state index < -0.39 is 11.9 Å². The van der Waals surface area contributed by atoms with Crippen LogP contribution in [-0.4, -0.2) is 35.9 Å². The lowest BCUT2D eigenvalue weighted by Gasteiger charge is -2.42. The van der Waals surface area contributed by atoms with Gasteiger partial charge in [-0.3, -0.25) is 0 Å². The van der Waals surface area contributed by atoms with Crippen molar-refractivity contribution in [2.45, 2.75) is 25.0 Å². The number of carbonyl (C=O) groups is 2. The van der Waals surface area contributed by atoms with E-state index in [9.17, 15) is 9.59 Å². The van der Waals surface area contributed by atoms with Crippen molar-refractivity contribution in [3.05, 3.63) is 35.4 Å². The number of ether oxygens (including phenoxy) is 2. The molecule has 5 atom stereocenters. The van der Waals surface area contributed by atoms with Crippen LogP contribution in [0.25, 0.3) is 0 Å². The Morgan fingerprint density at radius 2 is 1.90 bits per heavy atom. The summed E-state index contributed by atoms with van der Waals surface area (Å²) in [6.07, 6.45) is 2.06. The van der Waals surface area contributed by atoms with Crippen LogP contribution in [0.5, 0.6) is 0 Å². The minimum atomic E-state index is -1.11. The smallest absolute Gasteiger partial charge is 0.339 e. The Balaban J connectivity index is 1.51. The first-order chi connectivity index (χ1) is 10.1. The van der Waals surface area contributed by atoms with Gasteiger partial charge in [0.05, 0.1) is 23.8 Å². The molecule has 5 heteroatoms. The van der Waals surface area contributed by atoms with Gasteiger partial charge in [-0.1, -0.05) is 12.1 Å². The van der Waals surface area contributed by atoms with Crippen LogP contribution in [0.1, 0.15) is 33.6 Å². The van der Waals surface area contributed by atoms with Crippen LogP contribution in [0.4, 0.5) is 0 Å². The average Bonchev–Trinajstić information content (AvgIpc) is 2.90. The fourth-order valence-electron chi connectivity index (χ4n) is 4.11. The molecule has 21 heavy (non-hydrogen) atoms. The molecule has 0 unspecified atom stereocenters. The van der Waals surface area contributed by atoms with E-state index in [0.29, 0.717) is 11.8 Å². The zero-order valence-corrected chi connectivity index (χ0v) is 11.4. The first-order valence-electron chi connectivity index (χ1n) is 7.30. The highest BCUT2D eigenvalue weighted by molar-refractivity contribution is 6.02. The van der Waals surface area contributed by atoms with Crippen LogP contribution in [-0.2, 0) is 9.47 Å². The summed E-state index contributed by atoms with van der Waals surface area (Å²) < 4.78 is 11.2. The van der Waals surface area contributed by atoms with Crippen molar-refractivity contribution < 1.29 is 24.2 Å². The van der Waals surface area contributed by atoms with Gasteiger partial charge in [-0.2, -0.15) is 0 Å². The van der Waals surface area contributed by atoms with Gasteiger partial charge in [0.1, 0.15) is 6.10 Å². The number of benzene rings is 1. The molecule has 2 aliphatic carbocycles. The fourth-order valence-corrected chi connectivity index (χ4v) is 4.11. The van der Waals surface area contributed by atoms with E-state index in [0.717, 1.165) is 19.4 Å². The molecule has 0 amide bonds. The van der Waals surface area contributed by atoms with E-state index in [2.05, 4.69) is 0 Å². The highest BCUT2D eigenvalue weighted by Gasteiger charge is 2.59. The van der Waals surface area contributed by atoms with E-state index in [1.54, 1.807) is 12.1 Å². The summed E-state index contributed by atoms with van der Waals surface area (Å²) in [5.74, 6) is -0.119. The maximum Gasteiger partial charge on any atom is 0.339 e. The Labute approximate surface area is 121 Å². The van der Waals surface area contributed by atoms with Crippen molar-refractivity contribution in [1.29, 1.82) is 0 Å². The number of fused-ring (bicyclic) bond motifs is 5. The molecular weight excluding hydrogens is 272 g/mol. The van der Waals surface area contributed by atoms with E-state index in [1.807, 2.05) is 0 Å². The number of esters is 1. The number of carboxylic acids is 1. The number of carbonyl (C=O) groups excluding carboxylic acids is 1. The van der Waals surface area contributed by atoms with Gasteiger partial charge < -0.3 is 14.6 Å². The largest absolute Gasteiger partial charge is 0.478 e. The molecule has 1 aliphatic heterocycles. The molecule has 0 spiro atoms. The van der Waals surface area contributed by atoms with Crippen LogP contribution in [0.2, 0.25) is 0 Å². The average molecular weight is 288 g/mol. The molecule has 0 radical (unpaired) electrons. The predicted octanol–water partition coefficient (Wildman–Crippen LogP) is 1.97. The second-order valence-corrected chi connectivity index (χ2v) is 6.15. The summed E-state index contributed by atoms with van der Waals surface area (Å²) in [4.78, 5) is 23.4. The SMILES string of the molecule is O=C(O)c1ccccc1C(=O)O[C@@H]1C[C@@H]2C[C@@H]1[C@H]1OC[C@H]21. The topological polar surface area (TPSA) is 72.8 Å². The highest BCUT2D eigenvalue weighted by Crippen LogP contribution is 2.55. The van der Waals surface area contributed by atoms with Crippen LogP contribution in [0.3, 0.4) is 0 Å². The number of hydrogen-bond acceptors (Lipinski definition) is 4. The Morgan fingerprint density at radius 3 is 2.52 bits per heavy atom. The minimum absolute atomic E-state index is 0.0107. The number of rotatable bonds is 3. The first kappa shape index (κ1) is 12.8. The molecular formula is C16H16O5. The second-order valence-electron chi connectivity index (χ2n) is 6.15. The van der Waals surface area contributed by atoms with E-state index in [4.69, 9.17) is 14.6 Å². The second kappa shape index (κ2) is 4.56. The third kappa shape index (κ3) is 1.87. The van der Waals surface area contributed by atoms with Crippen molar-refractivity contribution in [2.24, 2.45) is 17.8 Å². The normalized spacial score (nSPS) is 35.9. The summed E-state index contributed by atoms with van der Waals surface area (Å²) >= 11 is 0. The molecule has 2 bridgehead atoms. The molecule has 4 rings (SSSR count). The molecule has 1 aromatic carbocycles. The van der Waals surface area contributed by atoms with Crippen molar-refractivity contribution in [3.8, 4) is 0 Å². The number of aromatic carboxylic acids is 1. The summed E-state index contributed by atoms with van der Waals surface area (Å²) in [7, 11) is 0. The summed E-state index contributed by atoms with van der Waals surface area (Å²) in [5.41, 5.74) is 0.113. The van der Waals surface area contributed by atoms with E-state index in [-0.39, 0.29) is 29.3 Å². The third-order valence-corrected chi connectivity index (χ3v) is 5.15. The summed E-state index contributed by atoms with van der Waals surface area (Å²) in [6, 6.07) is 6.17. The van der Waals surface area contributed by atoms with E-state index in [1.165, 1.54) is 12.1 Å². The molecule has 1 N–H and O–H groups in total. The first-order valence-corrected chi connectivity index (χ1v) is 7.30. The molecule has 1 saturated heterocycles. The van der Waals surface area contributed by atoms with Gasteiger partial charge in [0, 0.05) is 11.8 Å². The van der Waals surface area contributed by atoms with Gasteiger partial charge in [0.15, 0.2) is 0 Å². The van der Waals surface area contributed by atoms with Gasteiger partial charge >= 0.3 is 11.9 Å². The van der Waals surface area contributed by atoms with Gasteiger partial charge in [-0.15, -0.1) is 0 Å². The molecule has 110 valence electrons. The summed E-state index contributed by atoms with van der Waals surface area (Å²) in [5, 5.41) is 9.14. The third-order valence-electron chi connectivity index (χ3n) is 5.15. The number of hydrogen-bond donors (Lipinski definition) is 1. The van der Waals surface area contributed by atoms with E-state index >= 15 is 0 Å². The molecule has 1 heterocycles. The Bertz CT molecular complexity index is 608. The zero-order chi connectivity index (χ0) is 14.6. The van der Waals surface area contributed by atoms with Crippen molar-refractivity contribution in [3.63, 3.8) is 0 Å². The predicted molar refractivity (Wildman–Crippen MR) is 72.0 cm³/mol. The molecule has 1 aromatic rings. The van der Waals surface area contributed by atoms with Crippen molar-refractivity contribution in [2.75, 3.05) is 6.61 Å². The molecule has 5 nitrogen and oxygen atoms in total. The van der Waals surface area contributed by atoms with Gasteiger partial charge in [-0.05, 0) is 30.9 Å². The van der Waals surface area contributed by atoms with Crippen LogP contribution in [0, 0.1) is 17.8 Å². The standard InChI is InChI=1S/C16H16O5/c17-15(18)9-3-1-2-4-10(9)16(19)21-13-6-8-5-11(13)14-12(8)7-20-14/h1-4,8,11-14H,5-7H2,(H,17,18)/t8-,11-,12+,13+,14+/m0/s1. The van der Waals surface area contributed by atoms with Crippen LogP contribution < -0.4 is 0 Å². The van der Waals surface area contributed by atoms with Gasteiger partial charge in [0.2, 0.25) is 0 Å². The molecule has 3 fully saturated rings. The quantitative estimate of drug-likeness (QED) is 0.861. The zero-order valence-electron chi connectivity index (χ0n) is 11.4. The van der Waals surface area contributed by atoms with Crippen molar-refractivity contribution >= 4 is 11.9 Å². The minimum Gasteiger partial charge on any atom is -0.478 e. The van der Waals surface area contributed by atoms with Gasteiger partial charge in [0.25, 0.3) is 0 Å². The highest BCUT2D eigenvalue weighted by atomic mass is 16.6. The number of carboxylic acid groups (broad SMARTS) is 1. The Hall–Kier alpha value is -1.88. The lowest BCUT2D eigenvalue weighted by Crippen LogP contribution is -2.49. The van der Waals surface area contributed by atoms with Crippen LogP contribution in [0.15, 0.2) is 24.3 Å². The summed E-state index contributed by atoms with van der Waals surface area (Å²) in [6.45, 7) is 0.842. The lowest BCUT2D eigenvalue weighted by molar-refractivity contribution is -0.163.